The van der Waals surface area contributed by atoms with Crippen molar-refractivity contribution in [3.63, 3.8) is 0 Å². The predicted octanol–water partition coefficient (Wildman–Crippen LogP) is 0.364. The lowest BCUT2D eigenvalue weighted by Gasteiger charge is -2.20. The van der Waals surface area contributed by atoms with Gasteiger partial charge in [0.25, 0.3) is 11.1 Å². The number of hydrogen-bond donors (Lipinski definition) is 3. The maximum atomic E-state index is 13.3. The molecule has 2 aliphatic heterocycles. The average Bonchev–Trinajstić information content (AvgIpc) is 3.56. The SMILES string of the molecule is O=c1ccn([C@H]2C[C@H](CS(=O)CC[C@H]3O[C@@H](n4ccc(=O)[nH]c4=O)C[C@@H]3CS(=O)Cc3ccccc3)[C@@H](CCO)O2)c(=O)[nH]1. The van der Waals surface area contributed by atoms with Gasteiger partial charge in [-0.25, -0.2) is 9.59 Å². The molecule has 2 aromatic heterocycles. The molecule has 3 aromatic rings. The fraction of sp³-hybridized carbons (Fsp3) is 0.517. The summed E-state index contributed by atoms with van der Waals surface area (Å²) in [5.41, 5.74) is -1.27. The highest BCUT2D eigenvalue weighted by Gasteiger charge is 2.39. The van der Waals surface area contributed by atoms with Gasteiger partial charge in [-0.3, -0.25) is 37.1 Å². The van der Waals surface area contributed by atoms with Gasteiger partial charge in [0.15, 0.2) is 0 Å². The van der Waals surface area contributed by atoms with E-state index in [0.717, 1.165) is 5.56 Å². The van der Waals surface area contributed by atoms with E-state index >= 15 is 0 Å². The van der Waals surface area contributed by atoms with E-state index in [1.807, 2.05) is 30.3 Å². The number of aliphatic hydroxyl groups is 1. The van der Waals surface area contributed by atoms with Crippen molar-refractivity contribution < 1.29 is 23.0 Å². The van der Waals surface area contributed by atoms with Crippen molar-refractivity contribution in [3.8, 4) is 0 Å². The molecule has 13 nitrogen and oxygen atoms in total. The Morgan fingerprint density at radius 2 is 1.27 bits per heavy atom. The van der Waals surface area contributed by atoms with Crippen molar-refractivity contribution in [3.05, 3.63) is 102 Å². The van der Waals surface area contributed by atoms with E-state index in [4.69, 9.17) is 9.47 Å². The van der Waals surface area contributed by atoms with E-state index in [-0.39, 0.29) is 29.9 Å². The molecule has 2 saturated heterocycles. The smallest absolute Gasteiger partial charge is 0.330 e. The number of nitrogens with one attached hydrogen (secondary N) is 2. The second-order valence-corrected chi connectivity index (χ2v) is 14.3. The third kappa shape index (κ3) is 8.07. The van der Waals surface area contributed by atoms with Crippen molar-refractivity contribution >= 4 is 21.6 Å². The van der Waals surface area contributed by atoms with Gasteiger partial charge >= 0.3 is 11.4 Å². The highest BCUT2D eigenvalue weighted by Crippen LogP contribution is 2.37. The van der Waals surface area contributed by atoms with Crippen LogP contribution in [0.3, 0.4) is 0 Å². The van der Waals surface area contributed by atoms with E-state index in [1.54, 1.807) is 0 Å². The van der Waals surface area contributed by atoms with Gasteiger partial charge in [-0.1, -0.05) is 30.3 Å². The van der Waals surface area contributed by atoms with Crippen LogP contribution < -0.4 is 22.5 Å². The molecule has 0 radical (unpaired) electrons. The molecule has 1 aromatic carbocycles. The maximum Gasteiger partial charge on any atom is 0.330 e. The summed E-state index contributed by atoms with van der Waals surface area (Å²) in [6.07, 6.45) is 2.11. The molecule has 5 rings (SSSR count). The first-order valence-electron chi connectivity index (χ1n) is 14.5. The molecule has 2 unspecified atom stereocenters. The number of H-pyrrole nitrogens is 2. The first-order valence-corrected chi connectivity index (χ1v) is 17.5. The van der Waals surface area contributed by atoms with Gasteiger partial charge in [-0.2, -0.15) is 0 Å². The van der Waals surface area contributed by atoms with E-state index in [9.17, 15) is 32.7 Å². The summed E-state index contributed by atoms with van der Waals surface area (Å²) in [7, 11) is -2.52. The van der Waals surface area contributed by atoms with Crippen LogP contribution in [0.15, 0.2) is 74.0 Å². The van der Waals surface area contributed by atoms with Crippen LogP contribution in [0.2, 0.25) is 0 Å². The lowest BCUT2D eigenvalue weighted by atomic mass is 10.0. The normalized spacial score (nSPS) is 26.5. The van der Waals surface area contributed by atoms with Crippen molar-refractivity contribution in [2.24, 2.45) is 11.8 Å². The molecule has 8 atom stereocenters. The molecule has 2 aliphatic rings. The van der Waals surface area contributed by atoms with E-state index in [2.05, 4.69) is 9.97 Å². The summed E-state index contributed by atoms with van der Waals surface area (Å²) in [5.74, 6) is 0.912. The highest BCUT2D eigenvalue weighted by atomic mass is 32.2. The van der Waals surface area contributed by atoms with Gasteiger partial charge in [0, 0.05) is 87.6 Å². The number of nitrogens with zero attached hydrogens (tertiary/aromatic N) is 2. The number of aliphatic hydroxyl groups excluding tert-OH is 1. The molecular formula is C29H36N4O9S2. The summed E-state index contributed by atoms with van der Waals surface area (Å²) in [6, 6.07) is 12.0. The molecule has 3 N–H and O–H groups in total. The number of rotatable bonds is 13. The van der Waals surface area contributed by atoms with E-state index in [0.29, 0.717) is 37.2 Å². The molecule has 0 amide bonds. The first-order chi connectivity index (χ1) is 21.2. The zero-order valence-corrected chi connectivity index (χ0v) is 25.6. The molecule has 15 heteroatoms. The second kappa shape index (κ2) is 14.7. The van der Waals surface area contributed by atoms with Gasteiger partial charge < -0.3 is 14.6 Å². The topological polar surface area (TPSA) is 183 Å². The molecular weight excluding hydrogens is 612 g/mol. The Kier molecular flexibility index (Phi) is 10.7. The molecule has 44 heavy (non-hydrogen) atoms. The molecule has 238 valence electrons. The van der Waals surface area contributed by atoms with E-state index < -0.39 is 68.8 Å². The molecule has 0 spiro atoms. The number of aromatic nitrogens is 4. The summed E-state index contributed by atoms with van der Waals surface area (Å²) in [5, 5.41) is 9.56. The van der Waals surface area contributed by atoms with Gasteiger partial charge in [0.1, 0.15) is 12.5 Å². The molecule has 4 heterocycles. The van der Waals surface area contributed by atoms with Crippen LogP contribution in [0.4, 0.5) is 0 Å². The van der Waals surface area contributed by atoms with Crippen LogP contribution in [0.5, 0.6) is 0 Å². The third-order valence-corrected chi connectivity index (χ3v) is 11.0. The Labute approximate surface area is 257 Å². The van der Waals surface area contributed by atoms with Crippen LogP contribution in [0.25, 0.3) is 0 Å². The molecule has 0 bridgehead atoms. The lowest BCUT2D eigenvalue weighted by molar-refractivity contribution is -0.0160. The quantitative estimate of drug-likeness (QED) is 0.236. The zero-order valence-electron chi connectivity index (χ0n) is 23.9. The van der Waals surface area contributed by atoms with Crippen LogP contribution in [0, 0.1) is 11.8 Å². The summed E-state index contributed by atoms with van der Waals surface area (Å²) >= 11 is 0. The van der Waals surface area contributed by atoms with Gasteiger partial charge in [0.05, 0.1) is 12.2 Å². The van der Waals surface area contributed by atoms with Crippen LogP contribution in [-0.4, -0.2) is 68.7 Å². The number of aromatic amines is 2. The van der Waals surface area contributed by atoms with Crippen LogP contribution >= 0.6 is 0 Å². The van der Waals surface area contributed by atoms with Gasteiger partial charge in [-0.05, 0) is 31.2 Å². The summed E-state index contributed by atoms with van der Waals surface area (Å²) < 4.78 is 41.4. The molecule has 0 aliphatic carbocycles. The van der Waals surface area contributed by atoms with Crippen LogP contribution in [0.1, 0.15) is 43.7 Å². The standard InChI is InChI=1S/C29H36N4O9S2/c34-12-8-22-20(14-26(41-22)32-10-6-24(35)30-28(32)37)17-43(39)13-9-23-21(18-44(40)16-19-4-2-1-3-5-19)15-27(42-23)33-11-7-25(36)31-29(33)38/h1-7,10-11,20-23,26-27,34H,8-9,12-18H2,(H,30,35,37)(H,31,36,38)/t20-,21-,22-,23-,26-,27-,43?,44?/m1/s1. The highest BCUT2D eigenvalue weighted by molar-refractivity contribution is 7.85. The minimum Gasteiger partial charge on any atom is -0.396 e. The molecule has 0 saturated carbocycles. The second-order valence-electron chi connectivity index (χ2n) is 11.1. The maximum absolute atomic E-state index is 13.3. The average molecular weight is 649 g/mol. The number of hydrogen-bond acceptors (Lipinski definition) is 9. The minimum atomic E-state index is -1.31. The van der Waals surface area contributed by atoms with Gasteiger partial charge in [-0.15, -0.1) is 0 Å². The fourth-order valence-corrected chi connectivity index (χ4v) is 8.94. The number of ether oxygens (including phenoxy) is 2. The zero-order chi connectivity index (χ0) is 31.2. The van der Waals surface area contributed by atoms with Crippen molar-refractivity contribution in [1.82, 2.24) is 19.1 Å². The van der Waals surface area contributed by atoms with Crippen LogP contribution in [-0.2, 0) is 36.8 Å². The molecule has 2 fully saturated rings. The first kappa shape index (κ1) is 32.2. The van der Waals surface area contributed by atoms with E-state index in [1.165, 1.54) is 33.7 Å². The van der Waals surface area contributed by atoms with Crippen molar-refractivity contribution in [2.75, 3.05) is 23.9 Å². The Morgan fingerprint density at radius 1 is 0.750 bits per heavy atom. The predicted molar refractivity (Wildman–Crippen MR) is 164 cm³/mol. The monoisotopic (exact) mass is 648 g/mol. The van der Waals surface area contributed by atoms with Gasteiger partial charge in [0.2, 0.25) is 0 Å². The minimum absolute atomic E-state index is 0.135. The Hall–Kier alpha value is -3.24. The fourth-order valence-electron chi connectivity index (χ4n) is 5.94. The van der Waals surface area contributed by atoms with Crippen molar-refractivity contribution in [1.29, 1.82) is 0 Å². The summed E-state index contributed by atoms with van der Waals surface area (Å²) in [6.45, 7) is -0.135. The lowest BCUT2D eigenvalue weighted by Crippen LogP contribution is -2.31. The summed E-state index contributed by atoms with van der Waals surface area (Å²) in [4.78, 5) is 52.3. The Balaban J connectivity index is 1.24. The largest absolute Gasteiger partial charge is 0.396 e. The number of benzene rings is 1. The van der Waals surface area contributed by atoms with Crippen molar-refractivity contribution in [2.45, 2.75) is 56.1 Å². The Bertz CT molecular complexity index is 1700. The third-order valence-electron chi connectivity index (χ3n) is 8.06. The Morgan fingerprint density at radius 3 is 1.80 bits per heavy atom.